The SMILES string of the molecule is CCCC(C)Oc1ccc(OCCOc2ccccn2)cc1. The van der Waals surface area contributed by atoms with Gasteiger partial charge in [0.2, 0.25) is 5.88 Å². The number of hydrogen-bond donors (Lipinski definition) is 0. The van der Waals surface area contributed by atoms with Crippen molar-refractivity contribution in [2.75, 3.05) is 13.2 Å². The largest absolute Gasteiger partial charge is 0.491 e. The van der Waals surface area contributed by atoms with E-state index in [4.69, 9.17) is 14.2 Å². The van der Waals surface area contributed by atoms with E-state index in [0.29, 0.717) is 19.1 Å². The van der Waals surface area contributed by atoms with Crippen LogP contribution in [-0.2, 0) is 0 Å². The van der Waals surface area contributed by atoms with Crippen LogP contribution in [0.1, 0.15) is 26.7 Å². The highest BCUT2D eigenvalue weighted by molar-refractivity contribution is 5.31. The van der Waals surface area contributed by atoms with Gasteiger partial charge in [0, 0.05) is 12.3 Å². The summed E-state index contributed by atoms with van der Waals surface area (Å²) in [6.45, 7) is 5.18. The summed E-state index contributed by atoms with van der Waals surface area (Å²) < 4.78 is 16.9. The molecule has 0 aliphatic rings. The minimum atomic E-state index is 0.239. The van der Waals surface area contributed by atoms with Gasteiger partial charge in [0.1, 0.15) is 24.7 Å². The fourth-order valence-electron chi connectivity index (χ4n) is 2.05. The van der Waals surface area contributed by atoms with E-state index >= 15 is 0 Å². The number of hydrogen-bond acceptors (Lipinski definition) is 4. The maximum absolute atomic E-state index is 5.80. The van der Waals surface area contributed by atoms with Gasteiger partial charge < -0.3 is 14.2 Å². The van der Waals surface area contributed by atoms with E-state index in [0.717, 1.165) is 24.3 Å². The molecule has 1 aromatic carbocycles. The smallest absolute Gasteiger partial charge is 0.213 e. The van der Waals surface area contributed by atoms with E-state index < -0.39 is 0 Å². The zero-order chi connectivity index (χ0) is 15.6. The predicted octanol–water partition coefficient (Wildman–Crippen LogP) is 4.11. The Balaban J connectivity index is 1.70. The summed E-state index contributed by atoms with van der Waals surface area (Å²) in [6.07, 6.45) is 4.12. The van der Waals surface area contributed by atoms with Gasteiger partial charge in [0.25, 0.3) is 0 Å². The minimum absolute atomic E-state index is 0.239. The van der Waals surface area contributed by atoms with E-state index in [1.54, 1.807) is 6.20 Å². The van der Waals surface area contributed by atoms with Crippen molar-refractivity contribution in [2.24, 2.45) is 0 Å². The van der Waals surface area contributed by atoms with Crippen molar-refractivity contribution in [3.63, 3.8) is 0 Å². The molecule has 1 heterocycles. The molecule has 4 heteroatoms. The molecule has 0 fully saturated rings. The number of aromatic nitrogens is 1. The van der Waals surface area contributed by atoms with E-state index in [-0.39, 0.29) is 6.10 Å². The first-order valence-corrected chi connectivity index (χ1v) is 7.71. The average molecular weight is 301 g/mol. The van der Waals surface area contributed by atoms with Gasteiger partial charge in [0.15, 0.2) is 0 Å². The molecule has 0 amide bonds. The molecule has 1 unspecified atom stereocenters. The van der Waals surface area contributed by atoms with Crippen molar-refractivity contribution in [2.45, 2.75) is 32.8 Å². The fourth-order valence-corrected chi connectivity index (χ4v) is 2.05. The maximum atomic E-state index is 5.80. The van der Waals surface area contributed by atoms with Crippen LogP contribution in [-0.4, -0.2) is 24.3 Å². The summed E-state index contributed by atoms with van der Waals surface area (Å²) in [5.41, 5.74) is 0. The Labute approximate surface area is 132 Å². The summed E-state index contributed by atoms with van der Waals surface area (Å²) >= 11 is 0. The van der Waals surface area contributed by atoms with Gasteiger partial charge in [-0.25, -0.2) is 4.98 Å². The van der Waals surface area contributed by atoms with Gasteiger partial charge in [-0.05, 0) is 43.7 Å². The summed E-state index contributed by atoms with van der Waals surface area (Å²) in [4.78, 5) is 4.08. The maximum Gasteiger partial charge on any atom is 0.213 e. The van der Waals surface area contributed by atoms with Gasteiger partial charge in [0.05, 0.1) is 6.10 Å². The van der Waals surface area contributed by atoms with Crippen molar-refractivity contribution in [1.82, 2.24) is 4.98 Å². The molecule has 4 nitrogen and oxygen atoms in total. The molecule has 1 aromatic heterocycles. The molecule has 118 valence electrons. The van der Waals surface area contributed by atoms with Crippen molar-refractivity contribution in [3.8, 4) is 17.4 Å². The quantitative estimate of drug-likeness (QED) is 0.654. The lowest BCUT2D eigenvalue weighted by Crippen LogP contribution is -2.11. The molecular weight excluding hydrogens is 278 g/mol. The summed E-state index contributed by atoms with van der Waals surface area (Å²) in [5.74, 6) is 2.29. The van der Waals surface area contributed by atoms with E-state index in [1.165, 1.54) is 0 Å². The Hall–Kier alpha value is -2.23. The zero-order valence-electron chi connectivity index (χ0n) is 13.2. The van der Waals surface area contributed by atoms with Gasteiger partial charge in [-0.1, -0.05) is 19.4 Å². The second kappa shape index (κ2) is 8.93. The van der Waals surface area contributed by atoms with Crippen LogP contribution in [0.4, 0.5) is 0 Å². The first-order valence-electron chi connectivity index (χ1n) is 7.71. The molecule has 1 atom stereocenters. The van der Waals surface area contributed by atoms with Gasteiger partial charge in [-0.3, -0.25) is 0 Å². The number of pyridine rings is 1. The molecule has 2 rings (SSSR count). The molecule has 0 spiro atoms. The molecule has 0 N–H and O–H groups in total. The lowest BCUT2D eigenvalue weighted by atomic mass is 10.2. The van der Waals surface area contributed by atoms with Crippen LogP contribution in [0.5, 0.6) is 17.4 Å². The summed E-state index contributed by atoms with van der Waals surface area (Å²) in [7, 11) is 0. The van der Waals surface area contributed by atoms with Crippen molar-refractivity contribution < 1.29 is 14.2 Å². The molecule has 0 bridgehead atoms. The first-order chi connectivity index (χ1) is 10.8. The highest BCUT2D eigenvalue weighted by atomic mass is 16.5. The topological polar surface area (TPSA) is 40.6 Å². The van der Waals surface area contributed by atoms with Crippen LogP contribution in [0.25, 0.3) is 0 Å². The Morgan fingerprint density at radius 2 is 1.68 bits per heavy atom. The van der Waals surface area contributed by atoms with Crippen LogP contribution in [0.3, 0.4) is 0 Å². The monoisotopic (exact) mass is 301 g/mol. The van der Waals surface area contributed by atoms with Crippen LogP contribution in [0.2, 0.25) is 0 Å². The van der Waals surface area contributed by atoms with Crippen LogP contribution < -0.4 is 14.2 Å². The highest BCUT2D eigenvalue weighted by Gasteiger charge is 2.03. The fraction of sp³-hybridized carbons (Fsp3) is 0.389. The molecule has 2 aromatic rings. The Morgan fingerprint density at radius 3 is 2.36 bits per heavy atom. The Morgan fingerprint density at radius 1 is 0.955 bits per heavy atom. The predicted molar refractivity (Wildman–Crippen MR) is 86.7 cm³/mol. The number of benzene rings is 1. The number of ether oxygens (including phenoxy) is 3. The summed E-state index contributed by atoms with van der Waals surface area (Å²) in [5, 5.41) is 0. The van der Waals surface area contributed by atoms with E-state index in [9.17, 15) is 0 Å². The molecule has 0 aliphatic carbocycles. The zero-order valence-corrected chi connectivity index (χ0v) is 13.2. The molecule has 0 saturated heterocycles. The number of rotatable bonds is 9. The average Bonchev–Trinajstić information content (AvgIpc) is 2.54. The molecule has 0 radical (unpaired) electrons. The lowest BCUT2D eigenvalue weighted by molar-refractivity contribution is 0.206. The second-order valence-corrected chi connectivity index (χ2v) is 5.05. The second-order valence-electron chi connectivity index (χ2n) is 5.05. The highest BCUT2D eigenvalue weighted by Crippen LogP contribution is 2.19. The van der Waals surface area contributed by atoms with Gasteiger partial charge >= 0.3 is 0 Å². The minimum Gasteiger partial charge on any atom is -0.491 e. The third-order valence-corrected chi connectivity index (χ3v) is 3.10. The molecule has 0 saturated carbocycles. The molecule has 0 aliphatic heterocycles. The van der Waals surface area contributed by atoms with Crippen LogP contribution >= 0.6 is 0 Å². The standard InChI is InChI=1S/C18H23NO3/c1-3-6-15(2)22-17-10-8-16(9-11-17)20-13-14-21-18-7-4-5-12-19-18/h4-5,7-12,15H,3,6,13-14H2,1-2H3. The van der Waals surface area contributed by atoms with Gasteiger partial charge in [-0.2, -0.15) is 0 Å². The Bertz CT molecular complexity index is 528. The normalized spacial score (nSPS) is 11.7. The van der Waals surface area contributed by atoms with E-state index in [1.807, 2.05) is 42.5 Å². The third-order valence-electron chi connectivity index (χ3n) is 3.10. The van der Waals surface area contributed by atoms with Crippen LogP contribution in [0.15, 0.2) is 48.7 Å². The van der Waals surface area contributed by atoms with Crippen LogP contribution in [0, 0.1) is 0 Å². The van der Waals surface area contributed by atoms with Crippen molar-refractivity contribution >= 4 is 0 Å². The third kappa shape index (κ3) is 5.64. The molecular formula is C18H23NO3. The van der Waals surface area contributed by atoms with E-state index in [2.05, 4.69) is 18.8 Å². The number of nitrogens with zero attached hydrogens (tertiary/aromatic N) is 1. The molecule has 22 heavy (non-hydrogen) atoms. The first kappa shape index (κ1) is 16.1. The van der Waals surface area contributed by atoms with Gasteiger partial charge in [-0.15, -0.1) is 0 Å². The Kier molecular flexibility index (Phi) is 6.55. The van der Waals surface area contributed by atoms with Crippen molar-refractivity contribution in [1.29, 1.82) is 0 Å². The van der Waals surface area contributed by atoms with Crippen molar-refractivity contribution in [3.05, 3.63) is 48.7 Å². The lowest BCUT2D eigenvalue weighted by Gasteiger charge is -2.14. The summed E-state index contributed by atoms with van der Waals surface area (Å²) in [6, 6.07) is 13.3.